The lowest BCUT2D eigenvalue weighted by Crippen LogP contribution is -2.34. The van der Waals surface area contributed by atoms with E-state index in [1.54, 1.807) is 0 Å². The number of hydrogen-bond acceptors (Lipinski definition) is 1. The highest BCUT2D eigenvalue weighted by Crippen LogP contribution is 2.45. The summed E-state index contributed by atoms with van der Waals surface area (Å²) < 4.78 is 0. The number of hydrogen-bond donors (Lipinski definition) is 0. The lowest BCUT2D eigenvalue weighted by molar-refractivity contribution is 0.0724. The highest BCUT2D eigenvalue weighted by molar-refractivity contribution is 5.85. The van der Waals surface area contributed by atoms with Crippen LogP contribution in [0.1, 0.15) is 99.3 Å². The molecule has 0 radical (unpaired) electrons. The van der Waals surface area contributed by atoms with Crippen molar-refractivity contribution in [3.05, 3.63) is 0 Å². The van der Waals surface area contributed by atoms with Gasteiger partial charge >= 0.3 is 0 Å². The summed E-state index contributed by atoms with van der Waals surface area (Å²) in [5.74, 6) is 1.89. The fourth-order valence-electron chi connectivity index (χ4n) is 3.95. The van der Waals surface area contributed by atoms with Gasteiger partial charge in [0, 0.05) is 0 Å². The predicted molar refractivity (Wildman–Crippen MR) is 110 cm³/mol. The average molecular weight is 348 g/mol. The third kappa shape index (κ3) is 11.4. The summed E-state index contributed by atoms with van der Waals surface area (Å²) in [5.41, 5.74) is 0.586. The molecule has 0 amide bonds. The van der Waals surface area contributed by atoms with E-state index in [4.69, 9.17) is 0 Å². The van der Waals surface area contributed by atoms with Gasteiger partial charge in [0.25, 0.3) is 0 Å². The van der Waals surface area contributed by atoms with Gasteiger partial charge in [0.2, 0.25) is 0 Å². The van der Waals surface area contributed by atoms with Gasteiger partial charge in [-0.2, -0.15) is 0 Å². The van der Waals surface area contributed by atoms with Gasteiger partial charge in [-0.15, -0.1) is 12.4 Å². The molecule has 0 aliphatic heterocycles. The average Bonchev–Trinajstić information content (AvgIpc) is 2.48. The summed E-state index contributed by atoms with van der Waals surface area (Å²) in [4.78, 5) is 2.43. The Hall–Kier alpha value is 0.250. The molecule has 1 nitrogen and oxygen atoms in total. The molecule has 0 N–H and O–H groups in total. The molecule has 142 valence electrons. The Morgan fingerprint density at radius 3 is 2.00 bits per heavy atom. The summed E-state index contributed by atoms with van der Waals surface area (Å²) in [7, 11) is 2.23. The first-order valence-corrected chi connectivity index (χ1v) is 10.1. The van der Waals surface area contributed by atoms with Crippen molar-refractivity contribution in [3.63, 3.8) is 0 Å². The highest BCUT2D eigenvalue weighted by Gasteiger charge is 2.35. The van der Waals surface area contributed by atoms with E-state index in [0.29, 0.717) is 5.41 Å². The zero-order valence-electron chi connectivity index (χ0n) is 17.3. The van der Waals surface area contributed by atoms with Gasteiger partial charge in [0.15, 0.2) is 0 Å². The molecule has 0 spiro atoms. The topological polar surface area (TPSA) is 3.24 Å². The van der Waals surface area contributed by atoms with Crippen molar-refractivity contribution in [2.45, 2.75) is 99.3 Å². The fourth-order valence-corrected chi connectivity index (χ4v) is 3.95. The summed E-state index contributed by atoms with van der Waals surface area (Å²) in [6, 6.07) is 0. The van der Waals surface area contributed by atoms with Crippen LogP contribution in [0.5, 0.6) is 0 Å². The molecule has 1 aliphatic rings. The SMILES string of the molecule is CCCCCC.CCN(C)CCCC1C(C)CCCC1(C)C.Cl. The van der Waals surface area contributed by atoms with Gasteiger partial charge in [-0.1, -0.05) is 80.1 Å². The zero-order valence-corrected chi connectivity index (χ0v) is 18.1. The number of unbranched alkanes of at least 4 members (excludes halogenated alkanes) is 3. The minimum absolute atomic E-state index is 0. The molecule has 0 aromatic rings. The molecule has 2 heteroatoms. The third-order valence-electron chi connectivity index (χ3n) is 5.72. The van der Waals surface area contributed by atoms with Crippen molar-refractivity contribution in [2.24, 2.45) is 17.3 Å². The van der Waals surface area contributed by atoms with Crippen molar-refractivity contribution in [1.29, 1.82) is 0 Å². The normalized spacial score (nSPS) is 23.0. The van der Waals surface area contributed by atoms with Crippen LogP contribution >= 0.6 is 12.4 Å². The second-order valence-electron chi connectivity index (χ2n) is 8.21. The first-order chi connectivity index (χ1) is 10.4. The molecule has 1 fully saturated rings. The van der Waals surface area contributed by atoms with Crippen molar-refractivity contribution < 1.29 is 0 Å². The van der Waals surface area contributed by atoms with Gasteiger partial charge in [-0.25, -0.2) is 0 Å². The minimum atomic E-state index is 0. The van der Waals surface area contributed by atoms with E-state index < -0.39 is 0 Å². The van der Waals surface area contributed by atoms with E-state index in [1.165, 1.54) is 70.9 Å². The van der Waals surface area contributed by atoms with Crippen LogP contribution in [0.4, 0.5) is 0 Å². The fraction of sp³-hybridized carbons (Fsp3) is 1.00. The smallest absolute Gasteiger partial charge is 0.00218 e. The molecule has 0 aromatic heterocycles. The molecule has 2 unspecified atom stereocenters. The van der Waals surface area contributed by atoms with Crippen LogP contribution in [0.3, 0.4) is 0 Å². The molecule has 1 saturated carbocycles. The van der Waals surface area contributed by atoms with Crippen LogP contribution in [0.2, 0.25) is 0 Å². The number of nitrogens with zero attached hydrogens (tertiary/aromatic N) is 1. The van der Waals surface area contributed by atoms with Crippen LogP contribution in [-0.4, -0.2) is 25.0 Å². The van der Waals surface area contributed by atoms with Crippen molar-refractivity contribution >= 4 is 12.4 Å². The van der Waals surface area contributed by atoms with Gasteiger partial charge in [-0.3, -0.25) is 0 Å². The second-order valence-corrected chi connectivity index (χ2v) is 8.21. The van der Waals surface area contributed by atoms with Gasteiger partial charge < -0.3 is 4.90 Å². The summed E-state index contributed by atoms with van der Waals surface area (Å²) >= 11 is 0. The first-order valence-electron chi connectivity index (χ1n) is 10.1. The molecule has 1 rings (SSSR count). The Bertz CT molecular complexity index is 248. The van der Waals surface area contributed by atoms with Crippen LogP contribution in [0.15, 0.2) is 0 Å². The van der Waals surface area contributed by atoms with Crippen molar-refractivity contribution in [3.8, 4) is 0 Å². The number of rotatable bonds is 8. The molecule has 0 saturated heterocycles. The van der Waals surface area contributed by atoms with Crippen LogP contribution in [0, 0.1) is 17.3 Å². The van der Waals surface area contributed by atoms with E-state index in [2.05, 4.69) is 53.5 Å². The molecule has 0 bridgehead atoms. The Morgan fingerprint density at radius 2 is 1.57 bits per heavy atom. The standard InChI is InChI=1S/C15H31N.C6H14.ClH/c1-6-16(5)12-8-10-14-13(2)9-7-11-15(14,3)4;1-3-5-6-4-2;/h13-14H,6-12H2,1-5H3;3-6H2,1-2H3;1H. The van der Waals surface area contributed by atoms with Gasteiger partial charge in [0.05, 0.1) is 0 Å². The summed E-state index contributed by atoms with van der Waals surface area (Å²) in [6.07, 6.45) is 12.7. The van der Waals surface area contributed by atoms with E-state index in [1.807, 2.05) is 0 Å². The Balaban J connectivity index is 0. The molecular weight excluding hydrogens is 302 g/mol. The Labute approximate surface area is 154 Å². The van der Waals surface area contributed by atoms with Crippen LogP contribution < -0.4 is 0 Å². The van der Waals surface area contributed by atoms with Gasteiger partial charge in [0.1, 0.15) is 0 Å². The molecular formula is C21H46ClN. The zero-order chi connectivity index (χ0) is 17.0. The minimum Gasteiger partial charge on any atom is -0.307 e. The predicted octanol–water partition coefficient (Wildman–Crippen LogP) is 7.19. The highest BCUT2D eigenvalue weighted by atomic mass is 35.5. The third-order valence-corrected chi connectivity index (χ3v) is 5.72. The molecule has 1 aliphatic carbocycles. The largest absolute Gasteiger partial charge is 0.307 e. The summed E-state index contributed by atoms with van der Waals surface area (Å²) in [6.45, 7) is 16.6. The van der Waals surface area contributed by atoms with Crippen LogP contribution in [-0.2, 0) is 0 Å². The lowest BCUT2D eigenvalue weighted by Gasteiger charge is -2.43. The maximum Gasteiger partial charge on any atom is -0.00218 e. The van der Waals surface area contributed by atoms with E-state index in [9.17, 15) is 0 Å². The summed E-state index contributed by atoms with van der Waals surface area (Å²) in [5, 5.41) is 0. The number of halogens is 1. The lowest BCUT2D eigenvalue weighted by atomic mass is 9.63. The maximum atomic E-state index is 2.48. The quantitative estimate of drug-likeness (QED) is 0.420. The maximum absolute atomic E-state index is 2.48. The molecule has 23 heavy (non-hydrogen) atoms. The van der Waals surface area contributed by atoms with E-state index in [0.717, 1.165) is 11.8 Å². The van der Waals surface area contributed by atoms with E-state index in [-0.39, 0.29) is 12.4 Å². The first kappa shape index (κ1) is 25.5. The Kier molecular flexibility index (Phi) is 16.2. The molecule has 2 atom stereocenters. The molecule has 0 heterocycles. The van der Waals surface area contributed by atoms with E-state index >= 15 is 0 Å². The Morgan fingerprint density at radius 1 is 1.00 bits per heavy atom. The van der Waals surface area contributed by atoms with Crippen molar-refractivity contribution in [1.82, 2.24) is 4.90 Å². The van der Waals surface area contributed by atoms with Gasteiger partial charge in [-0.05, 0) is 56.7 Å². The second kappa shape index (κ2) is 14.6. The monoisotopic (exact) mass is 347 g/mol. The van der Waals surface area contributed by atoms with Crippen molar-refractivity contribution in [2.75, 3.05) is 20.1 Å². The molecule has 0 aromatic carbocycles. The van der Waals surface area contributed by atoms with Crippen LogP contribution in [0.25, 0.3) is 0 Å².